The normalized spacial score (nSPS) is 11.8. The first kappa shape index (κ1) is 23.2. The van der Waals surface area contributed by atoms with Gasteiger partial charge in [0.15, 0.2) is 15.0 Å². The lowest BCUT2D eigenvalue weighted by Gasteiger charge is -2.21. The Morgan fingerprint density at radius 3 is 2.42 bits per heavy atom. The van der Waals surface area contributed by atoms with Gasteiger partial charge in [-0.15, -0.1) is 0 Å². The summed E-state index contributed by atoms with van der Waals surface area (Å²) in [6.07, 6.45) is 1.92. The Labute approximate surface area is 187 Å². The highest BCUT2D eigenvalue weighted by molar-refractivity contribution is 7.90. The molecule has 0 aliphatic heterocycles. The molecule has 0 atom stereocenters. The van der Waals surface area contributed by atoms with Crippen LogP contribution in [-0.4, -0.2) is 64.3 Å². The zero-order valence-corrected chi connectivity index (χ0v) is 19.8. The van der Waals surface area contributed by atoms with E-state index in [4.69, 9.17) is 9.72 Å². The highest BCUT2D eigenvalue weighted by Gasteiger charge is 2.22. The minimum atomic E-state index is -3.32. The number of hydrogen-bond acceptors (Lipinski definition) is 7. The number of carbonyl (C=O) groups excluding carboxylic acids is 1. The number of thiazole rings is 1. The average molecular weight is 462 g/mol. The van der Waals surface area contributed by atoms with Gasteiger partial charge in [-0.05, 0) is 70.4 Å². The third-order valence-corrected chi connectivity index (χ3v) is 6.84. The van der Waals surface area contributed by atoms with E-state index < -0.39 is 9.84 Å². The summed E-state index contributed by atoms with van der Waals surface area (Å²) in [6.45, 7) is 3.77. The Balaban J connectivity index is 1.97. The van der Waals surface area contributed by atoms with Crippen molar-refractivity contribution in [2.75, 3.05) is 44.9 Å². The first-order valence-electron chi connectivity index (χ1n) is 9.99. The number of nitrogens with zero attached hydrogens (tertiary/aromatic N) is 3. The number of sulfone groups is 1. The minimum Gasteiger partial charge on any atom is -0.492 e. The number of para-hydroxylation sites is 1. The van der Waals surface area contributed by atoms with E-state index in [1.807, 2.05) is 39.2 Å². The maximum atomic E-state index is 13.4. The monoisotopic (exact) mass is 461 g/mol. The van der Waals surface area contributed by atoms with Crippen LogP contribution in [0.15, 0.2) is 47.4 Å². The van der Waals surface area contributed by atoms with Crippen LogP contribution >= 0.6 is 11.3 Å². The van der Waals surface area contributed by atoms with Crippen molar-refractivity contribution in [1.29, 1.82) is 0 Å². The molecule has 3 rings (SSSR count). The average Bonchev–Trinajstić information content (AvgIpc) is 3.15. The van der Waals surface area contributed by atoms with Crippen molar-refractivity contribution >= 4 is 42.4 Å². The van der Waals surface area contributed by atoms with Gasteiger partial charge in [-0.3, -0.25) is 9.69 Å². The summed E-state index contributed by atoms with van der Waals surface area (Å²) in [5.41, 5.74) is 1.16. The molecule has 2 aromatic carbocycles. The smallest absolute Gasteiger partial charge is 0.260 e. The van der Waals surface area contributed by atoms with Crippen molar-refractivity contribution in [1.82, 2.24) is 9.88 Å². The van der Waals surface area contributed by atoms with Gasteiger partial charge in [0.2, 0.25) is 0 Å². The number of ether oxygens (including phenoxy) is 1. The molecule has 166 valence electrons. The Kier molecular flexibility index (Phi) is 7.30. The number of aromatic nitrogens is 1. The lowest BCUT2D eigenvalue weighted by Crippen LogP contribution is -2.33. The van der Waals surface area contributed by atoms with Crippen LogP contribution in [0.3, 0.4) is 0 Å². The number of amides is 1. The van der Waals surface area contributed by atoms with Crippen molar-refractivity contribution in [3.8, 4) is 5.75 Å². The van der Waals surface area contributed by atoms with Crippen molar-refractivity contribution in [2.24, 2.45) is 0 Å². The molecule has 0 spiro atoms. The molecule has 1 aromatic heterocycles. The van der Waals surface area contributed by atoms with Crippen LogP contribution in [0, 0.1) is 0 Å². The van der Waals surface area contributed by atoms with E-state index in [0.29, 0.717) is 29.6 Å². The third-order valence-electron chi connectivity index (χ3n) is 4.66. The van der Waals surface area contributed by atoms with E-state index >= 15 is 0 Å². The van der Waals surface area contributed by atoms with Crippen molar-refractivity contribution < 1.29 is 17.9 Å². The molecule has 0 radical (unpaired) electrons. The van der Waals surface area contributed by atoms with Gasteiger partial charge in [0.05, 0.1) is 16.2 Å². The SMILES string of the molecule is CCOc1cccc2sc(N(CCCN(C)C)C(=O)c3ccc(S(C)(=O)=O)cc3)nc12. The molecule has 0 bridgehead atoms. The van der Waals surface area contributed by atoms with Crippen molar-refractivity contribution in [3.63, 3.8) is 0 Å². The van der Waals surface area contributed by atoms with Gasteiger partial charge in [0.1, 0.15) is 11.3 Å². The van der Waals surface area contributed by atoms with Crippen LogP contribution in [0.1, 0.15) is 23.7 Å². The van der Waals surface area contributed by atoms with Crippen LogP contribution in [-0.2, 0) is 9.84 Å². The maximum absolute atomic E-state index is 13.4. The maximum Gasteiger partial charge on any atom is 0.260 e. The second-order valence-corrected chi connectivity index (χ2v) is 10.5. The molecule has 0 saturated carbocycles. The molecule has 0 unspecified atom stereocenters. The summed E-state index contributed by atoms with van der Waals surface area (Å²) < 4.78 is 30.1. The quantitative estimate of drug-likeness (QED) is 0.483. The molecular formula is C22H27N3O4S2. The summed E-state index contributed by atoms with van der Waals surface area (Å²) in [5.74, 6) is 0.483. The highest BCUT2D eigenvalue weighted by atomic mass is 32.2. The molecule has 0 saturated heterocycles. The van der Waals surface area contributed by atoms with E-state index in [-0.39, 0.29) is 10.8 Å². The third kappa shape index (κ3) is 5.61. The van der Waals surface area contributed by atoms with Crippen LogP contribution in [0.25, 0.3) is 10.2 Å². The van der Waals surface area contributed by atoms with E-state index in [2.05, 4.69) is 4.90 Å². The second-order valence-electron chi connectivity index (χ2n) is 7.44. The van der Waals surface area contributed by atoms with E-state index in [9.17, 15) is 13.2 Å². The topological polar surface area (TPSA) is 79.8 Å². The van der Waals surface area contributed by atoms with Gasteiger partial charge in [-0.2, -0.15) is 0 Å². The zero-order valence-electron chi connectivity index (χ0n) is 18.2. The number of benzene rings is 2. The zero-order chi connectivity index (χ0) is 22.6. The van der Waals surface area contributed by atoms with E-state index in [1.165, 1.54) is 23.5 Å². The van der Waals surface area contributed by atoms with Gasteiger partial charge in [0, 0.05) is 18.4 Å². The van der Waals surface area contributed by atoms with Gasteiger partial charge in [0.25, 0.3) is 5.91 Å². The Hall–Kier alpha value is -2.49. The molecule has 0 fully saturated rings. The van der Waals surface area contributed by atoms with Gasteiger partial charge >= 0.3 is 0 Å². The fraction of sp³-hybridized carbons (Fsp3) is 0.364. The van der Waals surface area contributed by atoms with Gasteiger partial charge < -0.3 is 9.64 Å². The fourth-order valence-corrected chi connectivity index (χ4v) is 4.77. The Bertz CT molecular complexity index is 1160. The van der Waals surface area contributed by atoms with Crippen LogP contribution in [0.5, 0.6) is 5.75 Å². The van der Waals surface area contributed by atoms with E-state index in [0.717, 1.165) is 29.4 Å². The molecule has 3 aromatic rings. The minimum absolute atomic E-state index is 0.185. The number of fused-ring (bicyclic) bond motifs is 1. The number of anilines is 1. The van der Waals surface area contributed by atoms with Crippen LogP contribution < -0.4 is 9.64 Å². The molecule has 31 heavy (non-hydrogen) atoms. The Morgan fingerprint density at radius 1 is 1.10 bits per heavy atom. The van der Waals surface area contributed by atoms with Gasteiger partial charge in [-0.1, -0.05) is 17.4 Å². The van der Waals surface area contributed by atoms with Crippen LogP contribution in [0.4, 0.5) is 5.13 Å². The first-order valence-corrected chi connectivity index (χ1v) is 12.7. The number of rotatable bonds is 9. The molecule has 1 heterocycles. The molecule has 9 heteroatoms. The number of carbonyl (C=O) groups is 1. The van der Waals surface area contributed by atoms with E-state index in [1.54, 1.807) is 17.0 Å². The molecular weight excluding hydrogens is 434 g/mol. The molecule has 0 N–H and O–H groups in total. The molecule has 0 aliphatic rings. The number of hydrogen-bond donors (Lipinski definition) is 0. The lowest BCUT2D eigenvalue weighted by atomic mass is 10.2. The van der Waals surface area contributed by atoms with Crippen molar-refractivity contribution in [3.05, 3.63) is 48.0 Å². The molecule has 7 nitrogen and oxygen atoms in total. The standard InChI is InChI=1S/C22H27N3O4S2/c1-5-29-18-8-6-9-19-20(18)23-22(30-19)25(15-7-14-24(2)3)21(26)16-10-12-17(13-11-16)31(4,27)28/h6,8-13H,5,7,14-15H2,1-4H3. The van der Waals surface area contributed by atoms with Crippen LogP contribution in [0.2, 0.25) is 0 Å². The lowest BCUT2D eigenvalue weighted by molar-refractivity contribution is 0.0986. The van der Waals surface area contributed by atoms with Crippen molar-refractivity contribution in [2.45, 2.75) is 18.2 Å². The first-order chi connectivity index (χ1) is 14.7. The molecule has 0 aliphatic carbocycles. The molecule has 1 amide bonds. The summed E-state index contributed by atoms with van der Waals surface area (Å²) in [5, 5.41) is 0.595. The predicted molar refractivity (Wildman–Crippen MR) is 125 cm³/mol. The fourth-order valence-electron chi connectivity index (χ4n) is 3.13. The summed E-state index contributed by atoms with van der Waals surface area (Å²) in [6, 6.07) is 11.8. The summed E-state index contributed by atoms with van der Waals surface area (Å²) >= 11 is 1.44. The van der Waals surface area contributed by atoms with Gasteiger partial charge in [-0.25, -0.2) is 13.4 Å². The highest BCUT2D eigenvalue weighted by Crippen LogP contribution is 2.35. The summed E-state index contributed by atoms with van der Waals surface area (Å²) in [7, 11) is 0.653. The Morgan fingerprint density at radius 2 is 1.81 bits per heavy atom. The summed E-state index contributed by atoms with van der Waals surface area (Å²) in [4.78, 5) is 22.0. The predicted octanol–water partition coefficient (Wildman–Crippen LogP) is 3.70. The second kappa shape index (κ2) is 9.76. The largest absolute Gasteiger partial charge is 0.492 e.